The van der Waals surface area contributed by atoms with Crippen molar-refractivity contribution in [2.75, 3.05) is 7.11 Å². The maximum atomic E-state index is 11.3. The average molecular weight is 283 g/mol. The first-order chi connectivity index (χ1) is 10.2. The maximum Gasteiger partial charge on any atom is 0.280 e. The molecule has 21 heavy (non-hydrogen) atoms. The number of nitro benzene ring substituents is 1. The number of benzene rings is 2. The predicted octanol–water partition coefficient (Wildman–Crippen LogP) is 4.15. The Morgan fingerprint density at radius 3 is 2.52 bits per heavy atom. The van der Waals surface area contributed by atoms with Crippen LogP contribution in [0.25, 0.3) is 11.1 Å². The summed E-state index contributed by atoms with van der Waals surface area (Å²) in [5.74, 6) is 0.503. The highest BCUT2D eigenvalue weighted by molar-refractivity contribution is 5.75. The van der Waals surface area contributed by atoms with Crippen molar-refractivity contribution in [3.63, 3.8) is 0 Å². The molecule has 4 nitrogen and oxygen atoms in total. The fraction of sp³-hybridized carbons (Fsp3) is 0.294. The largest absolute Gasteiger partial charge is 0.497 e. The molecule has 0 heterocycles. The standard InChI is InChI=1S/C17H17NO3/c1-21-15-8-9-16(17(11-15)18(19)20)14-7-6-12-4-2-3-5-13(12)10-14/h6-11H,2-5H2,1H3. The van der Waals surface area contributed by atoms with Crippen LogP contribution in [0, 0.1) is 10.1 Å². The van der Waals surface area contributed by atoms with Gasteiger partial charge >= 0.3 is 0 Å². The van der Waals surface area contributed by atoms with Gasteiger partial charge in [-0.3, -0.25) is 10.1 Å². The molecule has 0 N–H and O–H groups in total. The summed E-state index contributed by atoms with van der Waals surface area (Å²) in [6.07, 6.45) is 4.60. The van der Waals surface area contributed by atoms with Crippen LogP contribution < -0.4 is 4.74 Å². The van der Waals surface area contributed by atoms with Gasteiger partial charge in [0.25, 0.3) is 5.69 Å². The number of aryl methyl sites for hydroxylation is 2. The van der Waals surface area contributed by atoms with E-state index in [1.54, 1.807) is 12.1 Å². The molecule has 2 aromatic rings. The van der Waals surface area contributed by atoms with Gasteiger partial charge in [0.2, 0.25) is 0 Å². The molecule has 108 valence electrons. The molecule has 1 aliphatic carbocycles. The van der Waals surface area contributed by atoms with Crippen molar-refractivity contribution in [2.24, 2.45) is 0 Å². The molecule has 4 heteroatoms. The minimum absolute atomic E-state index is 0.0881. The van der Waals surface area contributed by atoms with Crippen molar-refractivity contribution in [1.82, 2.24) is 0 Å². The van der Waals surface area contributed by atoms with Crippen LogP contribution in [-0.2, 0) is 12.8 Å². The number of hydrogen-bond acceptors (Lipinski definition) is 3. The first-order valence-corrected chi connectivity index (χ1v) is 7.13. The molecule has 1 aliphatic rings. The van der Waals surface area contributed by atoms with Crippen LogP contribution >= 0.6 is 0 Å². The van der Waals surface area contributed by atoms with E-state index in [-0.39, 0.29) is 10.6 Å². The van der Waals surface area contributed by atoms with E-state index in [1.807, 2.05) is 6.07 Å². The predicted molar refractivity (Wildman–Crippen MR) is 81.7 cm³/mol. The summed E-state index contributed by atoms with van der Waals surface area (Å²) in [5, 5.41) is 11.3. The molecule has 0 atom stereocenters. The summed E-state index contributed by atoms with van der Waals surface area (Å²) in [6.45, 7) is 0. The van der Waals surface area contributed by atoms with Gasteiger partial charge in [-0.2, -0.15) is 0 Å². The van der Waals surface area contributed by atoms with Crippen molar-refractivity contribution in [3.8, 4) is 16.9 Å². The third-order valence-electron chi connectivity index (χ3n) is 4.06. The summed E-state index contributed by atoms with van der Waals surface area (Å²) >= 11 is 0. The van der Waals surface area contributed by atoms with Crippen LogP contribution in [0.3, 0.4) is 0 Å². The van der Waals surface area contributed by atoms with Crippen LogP contribution in [0.4, 0.5) is 5.69 Å². The van der Waals surface area contributed by atoms with Crippen molar-refractivity contribution in [3.05, 3.63) is 57.6 Å². The van der Waals surface area contributed by atoms with Gasteiger partial charge in [-0.1, -0.05) is 18.2 Å². The van der Waals surface area contributed by atoms with Crippen LogP contribution in [-0.4, -0.2) is 12.0 Å². The van der Waals surface area contributed by atoms with Crippen molar-refractivity contribution in [1.29, 1.82) is 0 Å². The Bertz CT molecular complexity index is 694. The molecule has 2 aromatic carbocycles. The smallest absolute Gasteiger partial charge is 0.280 e. The summed E-state index contributed by atoms with van der Waals surface area (Å²) < 4.78 is 5.08. The molecule has 0 aliphatic heterocycles. The van der Waals surface area contributed by atoms with Crippen molar-refractivity contribution in [2.45, 2.75) is 25.7 Å². The molecule has 0 fully saturated rings. The lowest BCUT2D eigenvalue weighted by Crippen LogP contribution is -2.02. The summed E-state index contributed by atoms with van der Waals surface area (Å²) in [4.78, 5) is 11.0. The van der Waals surface area contributed by atoms with Gasteiger partial charge in [0, 0.05) is 0 Å². The Labute approximate surface area is 123 Å². The first-order valence-electron chi connectivity index (χ1n) is 7.13. The van der Waals surface area contributed by atoms with Gasteiger partial charge in [0.05, 0.1) is 23.7 Å². The minimum atomic E-state index is -0.350. The molecular weight excluding hydrogens is 266 g/mol. The fourth-order valence-corrected chi connectivity index (χ4v) is 2.93. The second-order valence-electron chi connectivity index (χ2n) is 5.33. The molecule has 0 spiro atoms. The topological polar surface area (TPSA) is 52.4 Å². The van der Waals surface area contributed by atoms with Gasteiger partial charge in [-0.25, -0.2) is 0 Å². The lowest BCUT2D eigenvalue weighted by Gasteiger charge is -2.16. The number of fused-ring (bicyclic) bond motifs is 1. The highest BCUT2D eigenvalue weighted by atomic mass is 16.6. The Hall–Kier alpha value is -2.36. The van der Waals surface area contributed by atoms with Gasteiger partial charge in [-0.05, 0) is 54.5 Å². The number of methoxy groups -OCH3 is 1. The zero-order chi connectivity index (χ0) is 14.8. The average Bonchev–Trinajstić information content (AvgIpc) is 2.53. The lowest BCUT2D eigenvalue weighted by molar-refractivity contribution is -0.384. The fourth-order valence-electron chi connectivity index (χ4n) is 2.93. The van der Waals surface area contributed by atoms with Crippen molar-refractivity contribution >= 4 is 5.69 Å². The van der Waals surface area contributed by atoms with Crippen LogP contribution in [0.2, 0.25) is 0 Å². The Balaban J connectivity index is 2.09. The zero-order valence-corrected chi connectivity index (χ0v) is 12.0. The van der Waals surface area contributed by atoms with Crippen LogP contribution in [0.5, 0.6) is 5.75 Å². The molecule has 0 unspecified atom stereocenters. The molecule has 3 rings (SSSR count). The quantitative estimate of drug-likeness (QED) is 0.628. The second kappa shape index (κ2) is 5.56. The van der Waals surface area contributed by atoms with E-state index in [1.165, 1.54) is 37.1 Å². The number of rotatable bonds is 3. The van der Waals surface area contributed by atoms with E-state index < -0.39 is 0 Å². The zero-order valence-electron chi connectivity index (χ0n) is 12.0. The molecule has 0 saturated carbocycles. The van der Waals surface area contributed by atoms with E-state index >= 15 is 0 Å². The summed E-state index contributed by atoms with van der Waals surface area (Å²) in [6, 6.07) is 11.2. The number of nitro groups is 1. The van der Waals surface area contributed by atoms with E-state index in [9.17, 15) is 10.1 Å². The Kier molecular flexibility index (Phi) is 3.60. The molecule has 0 amide bonds. The molecule has 0 aromatic heterocycles. The highest BCUT2D eigenvalue weighted by Gasteiger charge is 2.18. The summed E-state index contributed by atoms with van der Waals surface area (Å²) in [5.41, 5.74) is 4.34. The monoisotopic (exact) mass is 283 g/mol. The highest BCUT2D eigenvalue weighted by Crippen LogP contribution is 2.35. The first kappa shape index (κ1) is 13.6. The SMILES string of the molecule is COc1ccc(-c2ccc3c(c2)CCCC3)c([N+](=O)[O-])c1. The van der Waals surface area contributed by atoms with Crippen molar-refractivity contribution < 1.29 is 9.66 Å². The Morgan fingerprint density at radius 1 is 1.05 bits per heavy atom. The van der Waals surface area contributed by atoms with E-state index in [4.69, 9.17) is 4.74 Å². The minimum Gasteiger partial charge on any atom is -0.497 e. The number of nitrogens with zero attached hydrogens (tertiary/aromatic N) is 1. The normalized spacial score (nSPS) is 13.6. The molecule has 0 radical (unpaired) electrons. The van der Waals surface area contributed by atoms with E-state index in [0.717, 1.165) is 18.4 Å². The van der Waals surface area contributed by atoms with Gasteiger partial charge < -0.3 is 4.74 Å². The van der Waals surface area contributed by atoms with Gasteiger partial charge in [0.1, 0.15) is 5.75 Å². The van der Waals surface area contributed by atoms with E-state index in [2.05, 4.69) is 12.1 Å². The third kappa shape index (κ3) is 2.61. The lowest BCUT2D eigenvalue weighted by atomic mass is 9.89. The summed E-state index contributed by atoms with van der Waals surface area (Å²) in [7, 11) is 1.51. The van der Waals surface area contributed by atoms with Gasteiger partial charge in [0.15, 0.2) is 0 Å². The van der Waals surface area contributed by atoms with Crippen LogP contribution in [0.15, 0.2) is 36.4 Å². The van der Waals surface area contributed by atoms with Gasteiger partial charge in [-0.15, -0.1) is 0 Å². The van der Waals surface area contributed by atoms with E-state index in [0.29, 0.717) is 11.3 Å². The third-order valence-corrected chi connectivity index (χ3v) is 4.06. The number of ether oxygens (including phenoxy) is 1. The molecule has 0 bridgehead atoms. The number of hydrogen-bond donors (Lipinski definition) is 0. The second-order valence-corrected chi connectivity index (χ2v) is 5.33. The molecule has 0 saturated heterocycles. The van der Waals surface area contributed by atoms with Crippen LogP contribution in [0.1, 0.15) is 24.0 Å². The maximum absolute atomic E-state index is 11.3. The Morgan fingerprint density at radius 2 is 1.81 bits per heavy atom. The molecular formula is C17H17NO3.